The van der Waals surface area contributed by atoms with E-state index >= 15 is 0 Å². The van der Waals surface area contributed by atoms with E-state index in [1.807, 2.05) is 12.2 Å². The van der Waals surface area contributed by atoms with Crippen molar-refractivity contribution >= 4 is 11.6 Å². The van der Waals surface area contributed by atoms with Crippen LogP contribution in [0, 0.1) is 0 Å². The molecule has 0 saturated carbocycles. The summed E-state index contributed by atoms with van der Waals surface area (Å²) in [7, 11) is 0. The van der Waals surface area contributed by atoms with Crippen molar-refractivity contribution in [2.75, 3.05) is 0 Å². The van der Waals surface area contributed by atoms with Gasteiger partial charge >= 0.3 is 0 Å². The quantitative estimate of drug-likeness (QED) is 0.627. The molecule has 1 atom stereocenters. The molecule has 0 aliphatic rings. The molecule has 1 nitrogen and oxygen atoms in total. The van der Waals surface area contributed by atoms with Crippen LogP contribution in [-0.4, -0.2) is 11.2 Å². The molecule has 0 saturated heterocycles. The smallest absolute Gasteiger partial charge is 0.0766 e. The molecule has 1 unspecified atom stereocenters. The van der Waals surface area contributed by atoms with Gasteiger partial charge in [0, 0.05) is 5.54 Å². The third-order valence-corrected chi connectivity index (χ3v) is 1.22. The maximum absolute atomic E-state index is 9.05. The molecule has 0 aromatic heterocycles. The predicted octanol–water partition coefficient (Wildman–Crippen LogP) is 2.46. The molecule has 0 fully saturated rings. The van der Waals surface area contributed by atoms with Crippen molar-refractivity contribution in [2.24, 2.45) is 0 Å². The minimum atomic E-state index is -0.430. The number of allylic oxidation sites excluding steroid dienone is 1. The SMILES string of the molecule is CC/C=C/CC(O)/C=C/Cl. The van der Waals surface area contributed by atoms with Gasteiger partial charge in [0.1, 0.15) is 0 Å². The molecule has 0 rings (SSSR count). The highest BCUT2D eigenvalue weighted by molar-refractivity contribution is 6.25. The van der Waals surface area contributed by atoms with Gasteiger partial charge in [-0.3, -0.25) is 0 Å². The van der Waals surface area contributed by atoms with E-state index in [-0.39, 0.29) is 0 Å². The lowest BCUT2D eigenvalue weighted by Crippen LogP contribution is -1.98. The zero-order valence-corrected chi connectivity index (χ0v) is 6.88. The van der Waals surface area contributed by atoms with Crippen molar-refractivity contribution in [3.8, 4) is 0 Å². The first kappa shape index (κ1) is 9.73. The Morgan fingerprint density at radius 2 is 2.20 bits per heavy atom. The number of rotatable bonds is 4. The molecule has 0 aliphatic heterocycles. The number of hydrogen-bond donors (Lipinski definition) is 1. The summed E-state index contributed by atoms with van der Waals surface area (Å²) in [5.41, 5.74) is 1.34. The highest BCUT2D eigenvalue weighted by Crippen LogP contribution is 1.96. The first-order valence-electron chi connectivity index (χ1n) is 3.41. The van der Waals surface area contributed by atoms with Crippen molar-refractivity contribution in [1.29, 1.82) is 0 Å². The lowest BCUT2D eigenvalue weighted by atomic mass is 10.2. The van der Waals surface area contributed by atoms with Crippen LogP contribution in [0.1, 0.15) is 19.8 Å². The van der Waals surface area contributed by atoms with Crippen LogP contribution in [0.2, 0.25) is 0 Å². The molecule has 1 N–H and O–H groups in total. The summed E-state index contributed by atoms with van der Waals surface area (Å²) < 4.78 is 0. The molecule has 0 aromatic carbocycles. The monoisotopic (exact) mass is 160 g/mol. The Kier molecular flexibility index (Phi) is 6.66. The van der Waals surface area contributed by atoms with Crippen LogP contribution in [0.15, 0.2) is 23.8 Å². The Morgan fingerprint density at radius 1 is 1.50 bits per heavy atom. The summed E-state index contributed by atoms with van der Waals surface area (Å²) in [6, 6.07) is 0. The van der Waals surface area contributed by atoms with E-state index < -0.39 is 6.10 Å². The lowest BCUT2D eigenvalue weighted by Gasteiger charge is -1.97. The van der Waals surface area contributed by atoms with Gasteiger partial charge in [-0.25, -0.2) is 0 Å². The number of hydrogen-bond acceptors (Lipinski definition) is 1. The summed E-state index contributed by atoms with van der Waals surface area (Å²) in [6.45, 7) is 2.06. The van der Waals surface area contributed by atoms with Gasteiger partial charge in [-0.2, -0.15) is 0 Å². The van der Waals surface area contributed by atoms with Gasteiger partial charge in [-0.05, 0) is 18.9 Å². The Morgan fingerprint density at radius 3 is 2.70 bits per heavy atom. The molecule has 0 heterocycles. The predicted molar refractivity (Wildman–Crippen MR) is 45.0 cm³/mol. The third-order valence-electron chi connectivity index (χ3n) is 1.07. The molecular formula is C8H13ClO. The van der Waals surface area contributed by atoms with Crippen molar-refractivity contribution in [1.82, 2.24) is 0 Å². The van der Waals surface area contributed by atoms with Gasteiger partial charge in [0.25, 0.3) is 0 Å². The highest BCUT2D eigenvalue weighted by Gasteiger charge is 1.91. The molecule has 2 heteroatoms. The van der Waals surface area contributed by atoms with Gasteiger partial charge in [0.2, 0.25) is 0 Å². The molecule has 0 spiro atoms. The zero-order valence-electron chi connectivity index (χ0n) is 6.13. The van der Waals surface area contributed by atoms with Crippen LogP contribution in [0.3, 0.4) is 0 Å². The number of aliphatic hydroxyl groups excluding tert-OH is 1. The van der Waals surface area contributed by atoms with E-state index in [4.69, 9.17) is 16.7 Å². The Bertz CT molecular complexity index is 118. The fourth-order valence-corrected chi connectivity index (χ4v) is 0.733. The van der Waals surface area contributed by atoms with Crippen LogP contribution < -0.4 is 0 Å². The van der Waals surface area contributed by atoms with E-state index in [0.29, 0.717) is 6.42 Å². The van der Waals surface area contributed by atoms with Crippen LogP contribution >= 0.6 is 11.6 Å². The maximum Gasteiger partial charge on any atom is 0.0766 e. The second-order valence-electron chi connectivity index (χ2n) is 2.00. The van der Waals surface area contributed by atoms with Gasteiger partial charge in [0.05, 0.1) is 6.10 Å². The molecule has 0 bridgehead atoms. The summed E-state index contributed by atoms with van der Waals surface area (Å²) in [6.07, 6.45) is 6.75. The summed E-state index contributed by atoms with van der Waals surface area (Å²) in [5.74, 6) is 0. The van der Waals surface area contributed by atoms with Crippen LogP contribution in [0.25, 0.3) is 0 Å². The van der Waals surface area contributed by atoms with Gasteiger partial charge in [-0.1, -0.05) is 30.7 Å². The fraction of sp³-hybridized carbons (Fsp3) is 0.500. The van der Waals surface area contributed by atoms with E-state index in [9.17, 15) is 0 Å². The normalized spacial score (nSPS) is 15.1. The van der Waals surface area contributed by atoms with E-state index in [1.54, 1.807) is 6.08 Å². The molecule has 10 heavy (non-hydrogen) atoms. The maximum atomic E-state index is 9.05. The minimum Gasteiger partial charge on any atom is -0.389 e. The molecule has 0 radical (unpaired) electrons. The largest absolute Gasteiger partial charge is 0.389 e. The molecule has 0 amide bonds. The van der Waals surface area contributed by atoms with Crippen molar-refractivity contribution < 1.29 is 5.11 Å². The second-order valence-corrected chi connectivity index (χ2v) is 2.25. The van der Waals surface area contributed by atoms with E-state index in [1.165, 1.54) is 5.54 Å². The standard InChI is InChI=1S/C8H13ClO/c1-2-3-4-5-8(10)6-7-9/h3-4,6-8,10H,2,5H2,1H3/b4-3+,7-6+. The van der Waals surface area contributed by atoms with Gasteiger partial charge in [0.15, 0.2) is 0 Å². The first-order chi connectivity index (χ1) is 4.81. The molecule has 0 aromatic rings. The van der Waals surface area contributed by atoms with Crippen molar-refractivity contribution in [3.05, 3.63) is 23.8 Å². The van der Waals surface area contributed by atoms with Crippen LogP contribution in [-0.2, 0) is 0 Å². The van der Waals surface area contributed by atoms with E-state index in [2.05, 4.69) is 6.92 Å². The van der Waals surface area contributed by atoms with Crippen molar-refractivity contribution in [2.45, 2.75) is 25.9 Å². The second kappa shape index (κ2) is 6.84. The minimum absolute atomic E-state index is 0.430. The van der Waals surface area contributed by atoms with Gasteiger partial charge in [-0.15, -0.1) is 0 Å². The molecule has 58 valence electrons. The summed E-state index contributed by atoms with van der Waals surface area (Å²) >= 11 is 5.24. The fourth-order valence-electron chi connectivity index (χ4n) is 0.565. The number of halogens is 1. The Hall–Kier alpha value is -0.270. The first-order valence-corrected chi connectivity index (χ1v) is 3.84. The average molecular weight is 161 g/mol. The van der Waals surface area contributed by atoms with E-state index in [0.717, 1.165) is 6.42 Å². The third kappa shape index (κ3) is 5.86. The summed E-state index contributed by atoms with van der Waals surface area (Å²) in [4.78, 5) is 0. The number of aliphatic hydroxyl groups is 1. The Balaban J connectivity index is 3.38. The van der Waals surface area contributed by atoms with Gasteiger partial charge < -0.3 is 5.11 Å². The Labute approximate surface area is 67.0 Å². The topological polar surface area (TPSA) is 20.2 Å². The molecule has 0 aliphatic carbocycles. The average Bonchev–Trinajstić information content (AvgIpc) is 1.89. The highest BCUT2D eigenvalue weighted by atomic mass is 35.5. The lowest BCUT2D eigenvalue weighted by molar-refractivity contribution is 0.227. The molecular weight excluding hydrogens is 148 g/mol. The van der Waals surface area contributed by atoms with Crippen LogP contribution in [0.4, 0.5) is 0 Å². The zero-order chi connectivity index (χ0) is 7.82. The summed E-state index contributed by atoms with van der Waals surface area (Å²) in [5, 5.41) is 9.05. The van der Waals surface area contributed by atoms with Crippen LogP contribution in [0.5, 0.6) is 0 Å². The van der Waals surface area contributed by atoms with Crippen molar-refractivity contribution in [3.63, 3.8) is 0 Å².